The monoisotopic (exact) mass is 350 g/mol. The van der Waals surface area contributed by atoms with Crippen LogP contribution >= 0.6 is 0 Å². The Labute approximate surface area is 154 Å². The Bertz CT molecular complexity index is 852. The summed E-state index contributed by atoms with van der Waals surface area (Å²) in [4.78, 5) is 19.6. The van der Waals surface area contributed by atoms with E-state index in [9.17, 15) is 4.79 Å². The highest BCUT2D eigenvalue weighted by Crippen LogP contribution is 2.18. The zero-order valence-corrected chi connectivity index (χ0v) is 15.4. The molecule has 0 saturated carbocycles. The van der Waals surface area contributed by atoms with Crippen molar-refractivity contribution in [2.75, 3.05) is 18.4 Å². The molecule has 0 spiro atoms. The number of para-hydroxylation sites is 1. The molecule has 0 aliphatic rings. The molecular weight excluding hydrogens is 324 g/mol. The van der Waals surface area contributed by atoms with Crippen molar-refractivity contribution in [1.82, 2.24) is 15.3 Å². The third kappa shape index (κ3) is 4.63. The quantitative estimate of drug-likeness (QED) is 0.575. The average Bonchev–Trinajstić information content (AvgIpc) is 3.05. The van der Waals surface area contributed by atoms with E-state index in [4.69, 9.17) is 0 Å². The summed E-state index contributed by atoms with van der Waals surface area (Å²) in [5, 5.41) is 7.53. The van der Waals surface area contributed by atoms with Crippen molar-refractivity contribution < 1.29 is 4.79 Å². The molecular formula is C21H26N4O. The van der Waals surface area contributed by atoms with Crippen LogP contribution in [0.5, 0.6) is 0 Å². The number of H-pyrrole nitrogens is 1. The molecule has 3 rings (SSSR count). The number of carbonyl (C=O) groups excluding carboxylic acids is 1. The molecule has 0 fully saturated rings. The molecule has 136 valence electrons. The van der Waals surface area contributed by atoms with E-state index in [0.29, 0.717) is 18.2 Å². The SMILES string of the molecule is CC(C)CCNC(=O)c1ccc(NCCc2c[nH]c3ccccc23)cn1. The maximum atomic E-state index is 12.0. The normalized spacial score (nSPS) is 11.0. The number of anilines is 1. The number of carbonyl (C=O) groups is 1. The fourth-order valence-electron chi connectivity index (χ4n) is 2.88. The average molecular weight is 350 g/mol. The van der Waals surface area contributed by atoms with Crippen LogP contribution in [0.2, 0.25) is 0 Å². The first-order valence-electron chi connectivity index (χ1n) is 9.16. The van der Waals surface area contributed by atoms with Gasteiger partial charge in [0.1, 0.15) is 5.69 Å². The van der Waals surface area contributed by atoms with Crippen LogP contribution in [-0.2, 0) is 6.42 Å². The number of nitrogens with zero attached hydrogens (tertiary/aromatic N) is 1. The molecule has 26 heavy (non-hydrogen) atoms. The molecule has 0 radical (unpaired) electrons. The number of rotatable bonds is 8. The molecule has 0 aliphatic heterocycles. The molecule has 0 atom stereocenters. The van der Waals surface area contributed by atoms with Gasteiger partial charge in [-0.2, -0.15) is 0 Å². The Kier molecular flexibility index (Phi) is 5.89. The van der Waals surface area contributed by atoms with Crippen molar-refractivity contribution in [3.05, 3.63) is 60.0 Å². The van der Waals surface area contributed by atoms with Crippen molar-refractivity contribution in [1.29, 1.82) is 0 Å². The first kappa shape index (κ1) is 18.0. The van der Waals surface area contributed by atoms with Crippen molar-refractivity contribution in [2.24, 2.45) is 5.92 Å². The number of pyridine rings is 1. The maximum absolute atomic E-state index is 12.0. The van der Waals surface area contributed by atoms with Crippen molar-refractivity contribution >= 4 is 22.5 Å². The van der Waals surface area contributed by atoms with Crippen LogP contribution in [-0.4, -0.2) is 29.0 Å². The molecule has 0 saturated heterocycles. The molecule has 3 N–H and O–H groups in total. The Morgan fingerprint density at radius 3 is 2.77 bits per heavy atom. The van der Waals surface area contributed by atoms with E-state index in [1.807, 2.05) is 12.1 Å². The van der Waals surface area contributed by atoms with Crippen LogP contribution < -0.4 is 10.6 Å². The number of aromatic nitrogens is 2. The van der Waals surface area contributed by atoms with Gasteiger partial charge in [0.2, 0.25) is 0 Å². The highest BCUT2D eigenvalue weighted by molar-refractivity contribution is 5.92. The van der Waals surface area contributed by atoms with E-state index in [2.05, 4.69) is 58.8 Å². The smallest absolute Gasteiger partial charge is 0.269 e. The number of benzene rings is 1. The molecule has 2 heterocycles. The summed E-state index contributed by atoms with van der Waals surface area (Å²) < 4.78 is 0. The van der Waals surface area contributed by atoms with Crippen LogP contribution in [0.4, 0.5) is 5.69 Å². The summed E-state index contributed by atoms with van der Waals surface area (Å²) >= 11 is 0. The molecule has 0 unspecified atom stereocenters. The zero-order chi connectivity index (χ0) is 18.4. The second-order valence-corrected chi connectivity index (χ2v) is 6.91. The van der Waals surface area contributed by atoms with E-state index >= 15 is 0 Å². The van der Waals surface area contributed by atoms with E-state index in [1.54, 1.807) is 12.3 Å². The lowest BCUT2D eigenvalue weighted by atomic mass is 10.1. The number of hydrogen-bond acceptors (Lipinski definition) is 3. The fraction of sp³-hybridized carbons (Fsp3) is 0.333. The molecule has 2 aromatic heterocycles. The zero-order valence-electron chi connectivity index (χ0n) is 15.4. The van der Waals surface area contributed by atoms with Crippen LogP contribution in [0.25, 0.3) is 10.9 Å². The number of hydrogen-bond donors (Lipinski definition) is 3. The van der Waals surface area contributed by atoms with Crippen molar-refractivity contribution in [3.63, 3.8) is 0 Å². The second kappa shape index (κ2) is 8.52. The van der Waals surface area contributed by atoms with Crippen molar-refractivity contribution in [3.8, 4) is 0 Å². The van der Waals surface area contributed by atoms with Gasteiger partial charge in [0, 0.05) is 30.2 Å². The third-order valence-electron chi connectivity index (χ3n) is 4.40. The van der Waals surface area contributed by atoms with Crippen LogP contribution in [0, 0.1) is 5.92 Å². The topological polar surface area (TPSA) is 69.8 Å². The molecule has 1 amide bonds. The molecule has 5 nitrogen and oxygen atoms in total. The van der Waals surface area contributed by atoms with E-state index in [-0.39, 0.29) is 5.91 Å². The minimum Gasteiger partial charge on any atom is -0.383 e. The fourth-order valence-corrected chi connectivity index (χ4v) is 2.88. The first-order valence-corrected chi connectivity index (χ1v) is 9.16. The summed E-state index contributed by atoms with van der Waals surface area (Å²) in [5.41, 5.74) is 3.83. The van der Waals surface area contributed by atoms with E-state index in [0.717, 1.165) is 30.6 Å². The van der Waals surface area contributed by atoms with Gasteiger partial charge in [-0.15, -0.1) is 0 Å². The second-order valence-electron chi connectivity index (χ2n) is 6.91. The van der Waals surface area contributed by atoms with Gasteiger partial charge < -0.3 is 15.6 Å². The highest BCUT2D eigenvalue weighted by Gasteiger charge is 2.07. The van der Waals surface area contributed by atoms with Gasteiger partial charge in [0.05, 0.1) is 11.9 Å². The van der Waals surface area contributed by atoms with Crippen LogP contribution in [0.1, 0.15) is 36.3 Å². The third-order valence-corrected chi connectivity index (χ3v) is 4.40. The first-order chi connectivity index (χ1) is 12.6. The number of amides is 1. The standard InChI is InChI=1S/C21H26N4O/c1-15(2)9-11-23-21(26)20-8-7-17(14-25-20)22-12-10-16-13-24-19-6-4-3-5-18(16)19/h3-8,13-15,22,24H,9-12H2,1-2H3,(H,23,26). The van der Waals surface area contributed by atoms with Gasteiger partial charge in [-0.3, -0.25) is 4.79 Å². The van der Waals surface area contributed by atoms with E-state index < -0.39 is 0 Å². The molecule has 0 bridgehead atoms. The number of aromatic amines is 1. The molecule has 3 aromatic rings. The van der Waals surface area contributed by atoms with Crippen LogP contribution in [0.3, 0.4) is 0 Å². The van der Waals surface area contributed by atoms with Gasteiger partial charge >= 0.3 is 0 Å². The summed E-state index contributed by atoms with van der Waals surface area (Å²) in [5.74, 6) is 0.461. The number of nitrogens with one attached hydrogen (secondary N) is 3. The Balaban J connectivity index is 1.49. The lowest BCUT2D eigenvalue weighted by Crippen LogP contribution is -2.26. The minimum absolute atomic E-state index is 0.115. The maximum Gasteiger partial charge on any atom is 0.269 e. The van der Waals surface area contributed by atoms with Gasteiger partial charge in [-0.25, -0.2) is 4.98 Å². The summed E-state index contributed by atoms with van der Waals surface area (Å²) in [6.45, 7) is 5.77. The Hall–Kier alpha value is -2.82. The van der Waals surface area contributed by atoms with Gasteiger partial charge in [-0.05, 0) is 42.5 Å². The Morgan fingerprint density at radius 1 is 1.15 bits per heavy atom. The number of fused-ring (bicyclic) bond motifs is 1. The predicted octanol–water partition coefficient (Wildman–Crippen LogP) is 3.99. The summed E-state index contributed by atoms with van der Waals surface area (Å²) in [6, 6.07) is 12.0. The molecule has 5 heteroatoms. The van der Waals surface area contributed by atoms with Crippen molar-refractivity contribution in [2.45, 2.75) is 26.7 Å². The summed E-state index contributed by atoms with van der Waals surface area (Å²) in [7, 11) is 0. The van der Waals surface area contributed by atoms with Gasteiger partial charge in [-0.1, -0.05) is 32.0 Å². The lowest BCUT2D eigenvalue weighted by molar-refractivity contribution is 0.0947. The van der Waals surface area contributed by atoms with Crippen LogP contribution in [0.15, 0.2) is 48.8 Å². The molecule has 0 aliphatic carbocycles. The predicted molar refractivity (Wildman–Crippen MR) is 107 cm³/mol. The Morgan fingerprint density at radius 2 is 2.00 bits per heavy atom. The van der Waals surface area contributed by atoms with Gasteiger partial charge in [0.15, 0.2) is 0 Å². The van der Waals surface area contributed by atoms with E-state index in [1.165, 1.54) is 10.9 Å². The molecule has 1 aromatic carbocycles. The summed E-state index contributed by atoms with van der Waals surface area (Å²) in [6.07, 6.45) is 5.67. The largest absolute Gasteiger partial charge is 0.383 e. The highest BCUT2D eigenvalue weighted by atomic mass is 16.1. The van der Waals surface area contributed by atoms with Gasteiger partial charge in [0.25, 0.3) is 5.91 Å². The lowest BCUT2D eigenvalue weighted by Gasteiger charge is -2.08. The minimum atomic E-state index is -0.115.